The molecule has 1 saturated carbocycles. The fourth-order valence-corrected chi connectivity index (χ4v) is 7.35. The highest BCUT2D eigenvalue weighted by Gasteiger charge is 2.41. The van der Waals surface area contributed by atoms with Crippen LogP contribution >= 0.6 is 0 Å². The van der Waals surface area contributed by atoms with Crippen molar-refractivity contribution in [3.05, 3.63) is 120 Å². The first-order valence-corrected chi connectivity index (χ1v) is 19.7. The molecule has 0 aromatic heterocycles. The molecule has 4 aromatic rings. The Morgan fingerprint density at radius 3 is 1.64 bits per heavy atom. The fourth-order valence-electron chi connectivity index (χ4n) is 7.35. The maximum Gasteiger partial charge on any atom is 0.407 e. The normalized spacial score (nSPS) is 16.9. The Kier molecular flexibility index (Phi) is 15.2. The van der Waals surface area contributed by atoms with Gasteiger partial charge in [0, 0.05) is 23.8 Å². The van der Waals surface area contributed by atoms with Crippen molar-refractivity contribution in [3.8, 4) is 22.3 Å². The lowest BCUT2D eigenvalue weighted by molar-refractivity contribution is -0.150. The number of alkyl carbamates (subject to hydrolysis) is 1. The van der Waals surface area contributed by atoms with Crippen molar-refractivity contribution in [1.82, 2.24) is 5.32 Å². The second-order valence-corrected chi connectivity index (χ2v) is 16.9. The number of carbonyl (C=O) groups excluding carboxylic acids is 3. The molecule has 0 aliphatic heterocycles. The number of Topliss-reactive ketones (excluding diaryl/α,β-unsaturated/α-hetero) is 1. The second kappa shape index (κ2) is 19.4. The monoisotopic (exact) mass is 763 g/mol. The average Bonchev–Trinajstić information content (AvgIpc) is 3.58. The van der Waals surface area contributed by atoms with Gasteiger partial charge in [-0.25, -0.2) is 4.79 Å². The second-order valence-electron chi connectivity index (χ2n) is 16.9. The van der Waals surface area contributed by atoms with Crippen LogP contribution in [0.5, 0.6) is 0 Å². The van der Waals surface area contributed by atoms with Crippen LogP contribution < -0.4 is 5.32 Å². The van der Waals surface area contributed by atoms with E-state index in [4.69, 9.17) is 9.47 Å². The zero-order valence-corrected chi connectivity index (χ0v) is 34.4. The Balaban J connectivity index is 0.000000264. The molecule has 8 nitrogen and oxygen atoms in total. The van der Waals surface area contributed by atoms with E-state index in [0.29, 0.717) is 12.3 Å². The van der Waals surface area contributed by atoms with Gasteiger partial charge in [0.2, 0.25) is 0 Å². The maximum atomic E-state index is 12.6. The summed E-state index contributed by atoms with van der Waals surface area (Å²) >= 11 is 0. The maximum absolute atomic E-state index is 12.6. The van der Waals surface area contributed by atoms with Crippen molar-refractivity contribution >= 4 is 17.8 Å². The molecule has 56 heavy (non-hydrogen) atoms. The molecule has 0 bridgehead atoms. The predicted octanol–water partition coefficient (Wildman–Crippen LogP) is 9.31. The summed E-state index contributed by atoms with van der Waals surface area (Å²) in [7, 11) is 0. The summed E-state index contributed by atoms with van der Waals surface area (Å²) < 4.78 is 10.6. The minimum atomic E-state index is -0.757. The van der Waals surface area contributed by atoms with Crippen molar-refractivity contribution in [2.45, 2.75) is 97.1 Å². The Morgan fingerprint density at radius 1 is 0.732 bits per heavy atom. The molecular formula is C48H61NO7. The molecule has 1 aliphatic rings. The van der Waals surface area contributed by atoms with Gasteiger partial charge in [-0.05, 0) is 85.3 Å². The fraction of sp³-hybridized carbons (Fsp3) is 0.438. The Bertz CT molecular complexity index is 1850. The van der Waals surface area contributed by atoms with Gasteiger partial charge >= 0.3 is 12.1 Å². The molecule has 1 amide bonds. The number of amides is 1. The van der Waals surface area contributed by atoms with E-state index in [2.05, 4.69) is 67.7 Å². The molecule has 4 atom stereocenters. The summed E-state index contributed by atoms with van der Waals surface area (Å²) in [5.74, 6) is -0.886. The molecule has 3 N–H and O–H groups in total. The van der Waals surface area contributed by atoms with Crippen molar-refractivity contribution in [1.29, 1.82) is 0 Å². The number of nitrogens with one attached hydrogen (secondary N) is 1. The average molecular weight is 764 g/mol. The van der Waals surface area contributed by atoms with Crippen LogP contribution in [0.15, 0.2) is 109 Å². The summed E-state index contributed by atoms with van der Waals surface area (Å²) in [5.41, 5.74) is 5.60. The minimum absolute atomic E-state index is 0.0155. The largest absolute Gasteiger partial charge is 0.466 e. The molecule has 0 saturated heterocycles. The van der Waals surface area contributed by atoms with Gasteiger partial charge in [-0.2, -0.15) is 0 Å². The van der Waals surface area contributed by atoms with Crippen molar-refractivity contribution in [2.24, 2.45) is 17.8 Å². The third kappa shape index (κ3) is 11.6. The van der Waals surface area contributed by atoms with Crippen molar-refractivity contribution in [2.75, 3.05) is 19.8 Å². The van der Waals surface area contributed by atoms with Crippen molar-refractivity contribution < 1.29 is 34.1 Å². The van der Waals surface area contributed by atoms with E-state index in [1.54, 1.807) is 27.7 Å². The van der Waals surface area contributed by atoms with E-state index < -0.39 is 35.0 Å². The van der Waals surface area contributed by atoms with Gasteiger partial charge in [-0.3, -0.25) is 9.59 Å². The molecule has 1 fully saturated rings. The Morgan fingerprint density at radius 2 is 1.21 bits per heavy atom. The van der Waals surface area contributed by atoms with Crippen LogP contribution in [0.4, 0.5) is 4.79 Å². The smallest absolute Gasteiger partial charge is 0.407 e. The first-order chi connectivity index (χ1) is 26.5. The van der Waals surface area contributed by atoms with Crippen LogP contribution in [0, 0.1) is 17.8 Å². The van der Waals surface area contributed by atoms with Crippen LogP contribution in [-0.4, -0.2) is 59.5 Å². The molecule has 300 valence electrons. The number of carbonyl (C=O) groups is 3. The summed E-state index contributed by atoms with van der Waals surface area (Å²) in [5, 5.41) is 22.1. The number of ketones is 1. The number of aliphatic hydroxyl groups excluding tert-OH is 2. The standard InChI is InChI=1S/C27H37NO5.C21H24O2/c1-7-32-24(30)21(18-29)17-23(28-25(31)33-26(2,3)4)27(5,6)22-15-13-20(14-16-22)19-11-9-8-10-12-19;1-21(2,19-12-17(14-22)20(23)13-19)18-10-8-16(9-11-18)15-6-4-3-5-7-15/h8-16,21,23,29H,7,17-18H2,1-6H3,(H,28,31);3-11,17,19,22H,12-14H2,1-2H3/t21?,23-;17-,19+/m00/s1. The van der Waals surface area contributed by atoms with E-state index >= 15 is 0 Å². The van der Waals surface area contributed by atoms with Gasteiger partial charge in [0.05, 0.1) is 25.7 Å². The third-order valence-corrected chi connectivity index (χ3v) is 11.1. The van der Waals surface area contributed by atoms with Crippen LogP contribution in [-0.2, 0) is 29.9 Å². The number of benzene rings is 4. The van der Waals surface area contributed by atoms with Crippen LogP contribution in [0.3, 0.4) is 0 Å². The zero-order valence-electron chi connectivity index (χ0n) is 34.4. The van der Waals surface area contributed by atoms with E-state index in [1.165, 1.54) is 16.7 Å². The minimum Gasteiger partial charge on any atom is -0.466 e. The first kappa shape index (κ1) is 43.9. The number of hydrogen-bond acceptors (Lipinski definition) is 7. The lowest BCUT2D eigenvalue weighted by Gasteiger charge is -2.37. The van der Waals surface area contributed by atoms with Crippen LogP contribution in [0.25, 0.3) is 22.3 Å². The zero-order chi connectivity index (χ0) is 41.1. The molecule has 8 heteroatoms. The highest BCUT2D eigenvalue weighted by molar-refractivity contribution is 5.83. The van der Waals surface area contributed by atoms with Crippen LogP contribution in [0.2, 0.25) is 0 Å². The highest BCUT2D eigenvalue weighted by atomic mass is 16.6. The topological polar surface area (TPSA) is 122 Å². The van der Waals surface area contributed by atoms with Crippen LogP contribution in [0.1, 0.15) is 85.8 Å². The third-order valence-electron chi connectivity index (χ3n) is 11.1. The van der Waals surface area contributed by atoms with Crippen molar-refractivity contribution in [3.63, 3.8) is 0 Å². The Hall–Kier alpha value is -4.79. The molecule has 1 unspecified atom stereocenters. The van der Waals surface area contributed by atoms with E-state index in [0.717, 1.165) is 23.1 Å². The molecule has 1 aliphatic carbocycles. The summed E-state index contributed by atoms with van der Waals surface area (Å²) in [6.45, 7) is 15.4. The SMILES string of the molecule is CC(C)(c1ccc(-c2ccccc2)cc1)[C@H]1CC(=O)[C@H](CO)C1.CCOC(=O)C(CO)C[C@H](NC(=O)OC(C)(C)C)C(C)(C)c1ccc(-c2ccccc2)cc1. The quantitative estimate of drug-likeness (QED) is 0.116. The number of ether oxygens (including phenoxy) is 2. The molecule has 0 spiro atoms. The Labute approximate surface area is 333 Å². The molecule has 5 rings (SSSR count). The first-order valence-electron chi connectivity index (χ1n) is 19.7. The van der Waals surface area contributed by atoms with Gasteiger partial charge in [0.15, 0.2) is 0 Å². The molecule has 4 aromatic carbocycles. The molecule has 0 heterocycles. The van der Waals surface area contributed by atoms with Gasteiger partial charge in [-0.1, -0.05) is 137 Å². The lowest BCUT2D eigenvalue weighted by Crippen LogP contribution is -2.50. The van der Waals surface area contributed by atoms with E-state index in [1.807, 2.05) is 74.5 Å². The van der Waals surface area contributed by atoms with Gasteiger partial charge in [-0.15, -0.1) is 0 Å². The predicted molar refractivity (Wildman–Crippen MR) is 223 cm³/mol. The van der Waals surface area contributed by atoms with E-state index in [9.17, 15) is 24.6 Å². The molecular weight excluding hydrogens is 703 g/mol. The summed E-state index contributed by atoms with van der Waals surface area (Å²) in [6, 6.07) is 36.8. The van der Waals surface area contributed by atoms with E-state index in [-0.39, 0.29) is 43.4 Å². The number of esters is 1. The lowest BCUT2D eigenvalue weighted by atomic mass is 9.72. The number of hydrogen-bond donors (Lipinski definition) is 3. The molecule has 0 radical (unpaired) electrons. The van der Waals surface area contributed by atoms with Gasteiger partial charge in [0.25, 0.3) is 0 Å². The summed E-state index contributed by atoms with van der Waals surface area (Å²) in [4.78, 5) is 37.0. The van der Waals surface area contributed by atoms with Gasteiger partial charge in [0.1, 0.15) is 11.4 Å². The number of rotatable bonds is 13. The van der Waals surface area contributed by atoms with Gasteiger partial charge < -0.3 is 25.0 Å². The number of aliphatic hydroxyl groups is 2. The highest BCUT2D eigenvalue weighted by Crippen LogP contribution is 2.43. The summed E-state index contributed by atoms with van der Waals surface area (Å²) in [6.07, 6.45) is 1.02.